The molecule has 0 bridgehead atoms. The number of nitrogens with two attached hydrogens (primary N) is 1. The predicted octanol–water partition coefficient (Wildman–Crippen LogP) is 1.63. The van der Waals surface area contributed by atoms with E-state index < -0.39 is 11.1 Å². The van der Waals surface area contributed by atoms with Crippen molar-refractivity contribution in [1.82, 2.24) is 10.2 Å². The molecule has 3 N–H and O–H groups in total. The monoisotopic (exact) mass is 299 g/mol. The van der Waals surface area contributed by atoms with Gasteiger partial charge in [-0.15, -0.1) is 0 Å². The molecule has 0 saturated carbocycles. The van der Waals surface area contributed by atoms with Crippen molar-refractivity contribution in [3.8, 4) is 0 Å². The number of nitrogens with zero attached hydrogens (tertiary/aromatic N) is 1. The number of hydrogen-bond acceptors (Lipinski definition) is 4. The third kappa shape index (κ3) is 5.91. The molecule has 0 aromatic rings. The number of carbonyl (C=O) groups is 2. The fourth-order valence-corrected chi connectivity index (χ4v) is 2.33. The minimum absolute atomic E-state index is 0.180. The summed E-state index contributed by atoms with van der Waals surface area (Å²) in [5, 5.41) is 3.29. The van der Waals surface area contributed by atoms with Crippen molar-refractivity contribution < 1.29 is 14.3 Å². The van der Waals surface area contributed by atoms with Gasteiger partial charge >= 0.3 is 6.09 Å². The standard InChI is InChI=1S/C15H29N3O3/c1-14(2,3)21-13(20)18-9-6-7-11(8-10-18)17-15(4,5)12(16)19/h11,17H,6-10H2,1-5H3,(H2,16,19). The lowest BCUT2D eigenvalue weighted by Gasteiger charge is -2.29. The van der Waals surface area contributed by atoms with Crippen LogP contribution < -0.4 is 11.1 Å². The molecule has 0 aromatic carbocycles. The maximum Gasteiger partial charge on any atom is 0.410 e. The Morgan fingerprint density at radius 1 is 1.14 bits per heavy atom. The fraction of sp³-hybridized carbons (Fsp3) is 0.867. The van der Waals surface area contributed by atoms with Crippen molar-refractivity contribution in [1.29, 1.82) is 0 Å². The Balaban J connectivity index is 2.54. The van der Waals surface area contributed by atoms with Gasteiger partial charge in [0.15, 0.2) is 0 Å². The van der Waals surface area contributed by atoms with Gasteiger partial charge in [0.05, 0.1) is 5.54 Å². The Labute approximate surface area is 127 Å². The zero-order chi connectivity index (χ0) is 16.3. The lowest BCUT2D eigenvalue weighted by atomic mass is 10.0. The molecule has 1 unspecified atom stereocenters. The number of nitrogens with one attached hydrogen (secondary N) is 1. The van der Waals surface area contributed by atoms with Gasteiger partial charge in [0.25, 0.3) is 0 Å². The minimum Gasteiger partial charge on any atom is -0.444 e. The quantitative estimate of drug-likeness (QED) is 0.829. The molecule has 21 heavy (non-hydrogen) atoms. The zero-order valence-electron chi connectivity index (χ0n) is 13.9. The molecule has 0 aliphatic carbocycles. The van der Waals surface area contributed by atoms with E-state index in [4.69, 9.17) is 10.5 Å². The maximum absolute atomic E-state index is 12.1. The van der Waals surface area contributed by atoms with Crippen LogP contribution in [0.25, 0.3) is 0 Å². The highest BCUT2D eigenvalue weighted by molar-refractivity contribution is 5.83. The molecule has 1 aliphatic heterocycles. The van der Waals surface area contributed by atoms with Crippen molar-refractivity contribution in [3.63, 3.8) is 0 Å². The van der Waals surface area contributed by atoms with E-state index in [2.05, 4.69) is 5.32 Å². The molecule has 1 heterocycles. The summed E-state index contributed by atoms with van der Waals surface area (Å²) in [4.78, 5) is 25.2. The summed E-state index contributed by atoms with van der Waals surface area (Å²) in [7, 11) is 0. The van der Waals surface area contributed by atoms with Crippen LogP contribution in [0.1, 0.15) is 53.9 Å². The molecule has 2 amide bonds. The molecule has 1 rings (SSSR count). The van der Waals surface area contributed by atoms with Gasteiger partial charge in [0, 0.05) is 19.1 Å². The molecule has 1 atom stereocenters. The molecule has 0 radical (unpaired) electrons. The number of amides is 2. The predicted molar refractivity (Wildman–Crippen MR) is 81.9 cm³/mol. The lowest BCUT2D eigenvalue weighted by molar-refractivity contribution is -0.123. The molecule has 0 aromatic heterocycles. The molecule has 0 spiro atoms. The van der Waals surface area contributed by atoms with E-state index in [0.29, 0.717) is 13.1 Å². The average molecular weight is 299 g/mol. The Morgan fingerprint density at radius 3 is 2.29 bits per heavy atom. The molecule has 6 nitrogen and oxygen atoms in total. The van der Waals surface area contributed by atoms with Crippen LogP contribution >= 0.6 is 0 Å². The Bertz CT molecular complexity index is 388. The fourth-order valence-electron chi connectivity index (χ4n) is 2.33. The summed E-state index contributed by atoms with van der Waals surface area (Å²) in [6.07, 6.45) is 2.31. The summed E-state index contributed by atoms with van der Waals surface area (Å²) in [6.45, 7) is 10.5. The maximum atomic E-state index is 12.1. The topological polar surface area (TPSA) is 84.7 Å². The van der Waals surface area contributed by atoms with E-state index in [9.17, 15) is 9.59 Å². The van der Waals surface area contributed by atoms with Gasteiger partial charge in [-0.25, -0.2) is 4.79 Å². The second kappa shape index (κ2) is 6.64. The molecule has 1 saturated heterocycles. The highest BCUT2D eigenvalue weighted by atomic mass is 16.6. The van der Waals surface area contributed by atoms with Gasteiger partial charge in [-0.1, -0.05) is 0 Å². The average Bonchev–Trinajstić information content (AvgIpc) is 2.51. The minimum atomic E-state index is -0.730. The first-order valence-corrected chi connectivity index (χ1v) is 7.57. The molecule has 122 valence electrons. The highest BCUT2D eigenvalue weighted by Gasteiger charge is 2.30. The first-order chi connectivity index (χ1) is 9.51. The van der Waals surface area contributed by atoms with Crippen LogP contribution in [0.3, 0.4) is 0 Å². The Kier molecular flexibility index (Phi) is 5.61. The molecule has 1 fully saturated rings. The third-order valence-corrected chi connectivity index (χ3v) is 3.56. The molecular weight excluding hydrogens is 270 g/mol. The van der Waals surface area contributed by atoms with E-state index in [1.54, 1.807) is 18.7 Å². The highest BCUT2D eigenvalue weighted by Crippen LogP contribution is 2.17. The van der Waals surface area contributed by atoms with E-state index in [1.807, 2.05) is 20.8 Å². The van der Waals surface area contributed by atoms with Gasteiger partial charge in [-0.3, -0.25) is 4.79 Å². The normalized spacial score (nSPS) is 20.8. The summed E-state index contributed by atoms with van der Waals surface area (Å²) in [6, 6.07) is 0.180. The van der Waals surface area contributed by atoms with Gasteiger partial charge in [0.2, 0.25) is 5.91 Å². The van der Waals surface area contributed by atoms with E-state index >= 15 is 0 Å². The van der Waals surface area contributed by atoms with Gasteiger partial charge in [-0.05, 0) is 53.9 Å². The van der Waals surface area contributed by atoms with Gasteiger partial charge in [-0.2, -0.15) is 0 Å². The largest absolute Gasteiger partial charge is 0.444 e. The SMILES string of the molecule is CC(C)(C)OC(=O)N1CCCC(NC(C)(C)C(N)=O)CC1. The van der Waals surface area contributed by atoms with E-state index in [-0.39, 0.29) is 18.0 Å². The van der Waals surface area contributed by atoms with E-state index in [0.717, 1.165) is 19.3 Å². The lowest BCUT2D eigenvalue weighted by Crippen LogP contribution is -2.54. The van der Waals surface area contributed by atoms with Crippen LogP contribution in [0, 0.1) is 0 Å². The number of primary amides is 1. The summed E-state index contributed by atoms with van der Waals surface area (Å²) in [5.74, 6) is -0.365. The van der Waals surface area contributed by atoms with Crippen molar-refractivity contribution in [2.24, 2.45) is 5.73 Å². The Hall–Kier alpha value is -1.30. The van der Waals surface area contributed by atoms with Crippen molar-refractivity contribution >= 4 is 12.0 Å². The van der Waals surface area contributed by atoms with Crippen molar-refractivity contribution in [2.75, 3.05) is 13.1 Å². The van der Waals surface area contributed by atoms with Crippen LogP contribution in [0.4, 0.5) is 4.79 Å². The molecule has 1 aliphatic rings. The van der Waals surface area contributed by atoms with Crippen LogP contribution in [0.5, 0.6) is 0 Å². The van der Waals surface area contributed by atoms with Gasteiger partial charge < -0.3 is 20.7 Å². The first kappa shape index (κ1) is 17.8. The summed E-state index contributed by atoms with van der Waals surface area (Å²) >= 11 is 0. The first-order valence-electron chi connectivity index (χ1n) is 7.57. The van der Waals surface area contributed by atoms with Crippen LogP contribution in [0.2, 0.25) is 0 Å². The van der Waals surface area contributed by atoms with E-state index in [1.165, 1.54) is 0 Å². The van der Waals surface area contributed by atoms with Crippen LogP contribution in [-0.2, 0) is 9.53 Å². The van der Waals surface area contributed by atoms with Crippen molar-refractivity contribution in [3.05, 3.63) is 0 Å². The van der Waals surface area contributed by atoms with Crippen molar-refractivity contribution in [2.45, 2.75) is 71.1 Å². The Morgan fingerprint density at radius 2 is 1.76 bits per heavy atom. The number of carbonyl (C=O) groups excluding carboxylic acids is 2. The number of likely N-dealkylation sites (tertiary alicyclic amines) is 1. The second-order valence-electron chi connectivity index (χ2n) is 7.23. The summed E-state index contributed by atoms with van der Waals surface area (Å²) in [5.41, 5.74) is 4.18. The smallest absolute Gasteiger partial charge is 0.410 e. The third-order valence-electron chi connectivity index (χ3n) is 3.56. The van der Waals surface area contributed by atoms with Gasteiger partial charge in [0.1, 0.15) is 5.60 Å². The van der Waals surface area contributed by atoms with Crippen LogP contribution in [-0.4, -0.2) is 47.2 Å². The number of ether oxygens (including phenoxy) is 1. The summed E-state index contributed by atoms with van der Waals surface area (Å²) < 4.78 is 5.40. The molecular formula is C15H29N3O3. The number of hydrogen-bond donors (Lipinski definition) is 2. The zero-order valence-corrected chi connectivity index (χ0v) is 13.9. The second-order valence-corrected chi connectivity index (χ2v) is 7.23. The number of rotatable bonds is 3. The van der Waals surface area contributed by atoms with Crippen LogP contribution in [0.15, 0.2) is 0 Å². The molecule has 6 heteroatoms.